The quantitative estimate of drug-likeness (QED) is 0.624. The molecule has 1 heterocycles. The second-order valence-electron chi connectivity index (χ2n) is 4.38. The lowest BCUT2D eigenvalue weighted by Crippen LogP contribution is -2.39. The Kier molecular flexibility index (Phi) is 3.10. The molecule has 2 atom stereocenters. The molecule has 4 nitrogen and oxygen atoms in total. The number of rotatable bonds is 2. The first-order chi connectivity index (χ1) is 5.88. The summed E-state index contributed by atoms with van der Waals surface area (Å²) in [5.41, 5.74) is 0. The third kappa shape index (κ3) is 3.46. The second-order valence-corrected chi connectivity index (χ2v) is 8.81. The smallest absolute Gasteiger partial charge is 0.309 e. The highest BCUT2D eigenvalue weighted by Crippen LogP contribution is 2.11. The summed E-state index contributed by atoms with van der Waals surface area (Å²) in [6, 6.07) is -0.304. The van der Waals surface area contributed by atoms with Gasteiger partial charge in [0, 0.05) is 13.0 Å². The molecular weight excluding hydrogens is 186 g/mol. The van der Waals surface area contributed by atoms with Gasteiger partial charge in [0.25, 0.3) is 0 Å². The van der Waals surface area contributed by atoms with E-state index in [4.69, 9.17) is 4.43 Å². The number of hydrogen-bond donors (Lipinski definition) is 2. The van der Waals surface area contributed by atoms with Crippen LogP contribution in [0.25, 0.3) is 0 Å². The highest BCUT2D eigenvalue weighted by molar-refractivity contribution is 6.71. The first-order valence-corrected chi connectivity index (χ1v) is 7.93. The largest absolute Gasteiger partial charge is 0.519 e. The molecule has 1 saturated heterocycles. The molecule has 1 aliphatic rings. The molecule has 0 aromatic heterocycles. The highest BCUT2D eigenvalue weighted by Gasteiger charge is 2.32. The minimum absolute atomic E-state index is 0.212. The normalized spacial score (nSPS) is 28.9. The maximum atomic E-state index is 11.4. The minimum atomic E-state index is -1.78. The first-order valence-electron chi connectivity index (χ1n) is 4.53. The molecule has 0 spiro atoms. The van der Waals surface area contributed by atoms with E-state index in [1.165, 1.54) is 0 Å². The second kappa shape index (κ2) is 3.77. The summed E-state index contributed by atoms with van der Waals surface area (Å²) in [7, 11) is -1.78. The van der Waals surface area contributed by atoms with Crippen LogP contribution in [0.4, 0.5) is 0 Å². The molecule has 1 aliphatic heterocycles. The monoisotopic (exact) mass is 203 g/mol. The molecule has 0 aromatic carbocycles. The molecule has 1 unspecified atom stereocenters. The third-order valence-electron chi connectivity index (χ3n) is 1.80. The number of aliphatic hydroxyl groups is 1. The molecule has 0 aliphatic carbocycles. The summed E-state index contributed by atoms with van der Waals surface area (Å²) in [5, 5.41) is 12.1. The van der Waals surface area contributed by atoms with Crippen LogP contribution in [0.1, 0.15) is 6.42 Å². The SMILES string of the molecule is C[Si](C)(C)OC(=O)[C@@H]1CC(O)CN1. The predicted octanol–water partition coefficient (Wildman–Crippen LogP) is 0.0873. The van der Waals surface area contributed by atoms with Crippen molar-refractivity contribution < 1.29 is 14.3 Å². The van der Waals surface area contributed by atoms with Gasteiger partial charge in [0.2, 0.25) is 8.32 Å². The number of carbonyl (C=O) groups is 1. The first kappa shape index (κ1) is 10.7. The van der Waals surface area contributed by atoms with Gasteiger partial charge in [0.15, 0.2) is 0 Å². The van der Waals surface area contributed by atoms with E-state index >= 15 is 0 Å². The van der Waals surface area contributed by atoms with Gasteiger partial charge >= 0.3 is 5.97 Å². The summed E-state index contributed by atoms with van der Waals surface area (Å²) in [4.78, 5) is 11.4. The molecule has 0 amide bonds. The van der Waals surface area contributed by atoms with Crippen molar-refractivity contribution in [1.82, 2.24) is 5.32 Å². The van der Waals surface area contributed by atoms with Crippen LogP contribution in [-0.2, 0) is 9.22 Å². The number of carbonyl (C=O) groups excluding carboxylic acids is 1. The molecule has 1 rings (SSSR count). The molecule has 0 bridgehead atoms. The topological polar surface area (TPSA) is 58.6 Å². The van der Waals surface area contributed by atoms with E-state index in [1.807, 2.05) is 19.6 Å². The van der Waals surface area contributed by atoms with Crippen LogP contribution < -0.4 is 5.32 Å². The van der Waals surface area contributed by atoms with Gasteiger partial charge in [-0.2, -0.15) is 0 Å². The Bertz CT molecular complexity index is 202. The maximum absolute atomic E-state index is 11.4. The van der Waals surface area contributed by atoms with Gasteiger partial charge in [-0.1, -0.05) is 0 Å². The Morgan fingerprint density at radius 3 is 2.54 bits per heavy atom. The van der Waals surface area contributed by atoms with Gasteiger partial charge in [-0.3, -0.25) is 4.79 Å². The Balaban J connectivity index is 2.41. The van der Waals surface area contributed by atoms with Crippen molar-refractivity contribution in [3.63, 3.8) is 0 Å². The van der Waals surface area contributed by atoms with Crippen molar-refractivity contribution >= 4 is 14.3 Å². The van der Waals surface area contributed by atoms with Crippen molar-refractivity contribution in [3.8, 4) is 0 Å². The lowest BCUT2D eigenvalue weighted by molar-refractivity contribution is -0.137. The molecule has 5 heteroatoms. The zero-order valence-electron chi connectivity index (χ0n) is 8.33. The number of β-amino-alcohol motifs (C(OH)–C–C–N with tert-alkyl or cyclic N) is 1. The molecule has 0 saturated carbocycles. The van der Waals surface area contributed by atoms with E-state index in [2.05, 4.69) is 5.32 Å². The van der Waals surface area contributed by atoms with Crippen molar-refractivity contribution in [2.75, 3.05) is 6.54 Å². The fraction of sp³-hybridized carbons (Fsp3) is 0.875. The average molecular weight is 203 g/mol. The van der Waals surface area contributed by atoms with Gasteiger partial charge in [-0.25, -0.2) is 0 Å². The van der Waals surface area contributed by atoms with Crippen LogP contribution in [0.15, 0.2) is 0 Å². The Hall–Kier alpha value is -0.393. The van der Waals surface area contributed by atoms with Gasteiger partial charge in [0.05, 0.1) is 6.10 Å². The molecule has 0 radical (unpaired) electrons. The van der Waals surface area contributed by atoms with Crippen molar-refractivity contribution in [1.29, 1.82) is 0 Å². The van der Waals surface area contributed by atoms with E-state index in [0.29, 0.717) is 13.0 Å². The average Bonchev–Trinajstić information content (AvgIpc) is 2.31. The van der Waals surface area contributed by atoms with Gasteiger partial charge < -0.3 is 14.8 Å². The van der Waals surface area contributed by atoms with Crippen molar-refractivity contribution in [2.45, 2.75) is 38.2 Å². The maximum Gasteiger partial charge on any atom is 0.309 e. The molecular formula is C8H17NO3Si. The van der Waals surface area contributed by atoms with E-state index in [1.54, 1.807) is 0 Å². The summed E-state index contributed by atoms with van der Waals surface area (Å²) in [6.45, 7) is 6.40. The van der Waals surface area contributed by atoms with Crippen molar-refractivity contribution in [3.05, 3.63) is 0 Å². The van der Waals surface area contributed by atoms with E-state index in [0.717, 1.165) is 0 Å². The van der Waals surface area contributed by atoms with Crippen LogP contribution in [-0.4, -0.2) is 38.1 Å². The summed E-state index contributed by atoms with van der Waals surface area (Å²) in [5.74, 6) is -0.212. The Morgan fingerprint density at radius 2 is 2.15 bits per heavy atom. The zero-order valence-corrected chi connectivity index (χ0v) is 9.33. The number of aliphatic hydroxyl groups excluding tert-OH is 1. The van der Waals surface area contributed by atoms with Gasteiger partial charge in [-0.15, -0.1) is 0 Å². The minimum Gasteiger partial charge on any atom is -0.519 e. The highest BCUT2D eigenvalue weighted by atomic mass is 28.4. The molecule has 0 aromatic rings. The number of nitrogens with one attached hydrogen (secondary N) is 1. The zero-order chi connectivity index (χ0) is 10.1. The van der Waals surface area contributed by atoms with E-state index < -0.39 is 14.4 Å². The number of hydrogen-bond acceptors (Lipinski definition) is 4. The summed E-state index contributed by atoms with van der Waals surface area (Å²) >= 11 is 0. The fourth-order valence-electron chi connectivity index (χ4n) is 1.27. The summed E-state index contributed by atoms with van der Waals surface area (Å²) < 4.78 is 5.30. The molecule has 2 N–H and O–H groups in total. The predicted molar refractivity (Wildman–Crippen MR) is 51.9 cm³/mol. The lowest BCUT2D eigenvalue weighted by atomic mass is 10.2. The molecule has 76 valence electrons. The third-order valence-corrected chi connectivity index (χ3v) is 2.61. The standard InChI is InChI=1S/C8H17NO3Si/c1-13(2,3)12-8(11)7-4-6(10)5-9-7/h6-7,9-10H,4-5H2,1-3H3/t6?,7-/m0/s1. The van der Waals surface area contributed by atoms with Crippen molar-refractivity contribution in [2.24, 2.45) is 0 Å². The van der Waals surface area contributed by atoms with Gasteiger partial charge in [0.1, 0.15) is 6.04 Å². The Labute approximate surface area is 79.4 Å². The van der Waals surface area contributed by atoms with Crippen LogP contribution in [0.3, 0.4) is 0 Å². The van der Waals surface area contributed by atoms with Crippen LogP contribution >= 0.6 is 0 Å². The van der Waals surface area contributed by atoms with Crippen LogP contribution in [0.5, 0.6) is 0 Å². The Morgan fingerprint density at radius 1 is 1.54 bits per heavy atom. The van der Waals surface area contributed by atoms with E-state index in [9.17, 15) is 9.90 Å². The fourth-order valence-corrected chi connectivity index (χ4v) is 2.02. The van der Waals surface area contributed by atoms with Crippen LogP contribution in [0.2, 0.25) is 19.6 Å². The summed E-state index contributed by atoms with van der Waals surface area (Å²) in [6.07, 6.45) is 0.0720. The van der Waals surface area contributed by atoms with E-state index in [-0.39, 0.29) is 12.0 Å². The lowest BCUT2D eigenvalue weighted by Gasteiger charge is -2.20. The molecule has 13 heavy (non-hydrogen) atoms. The van der Waals surface area contributed by atoms with Crippen LogP contribution in [0, 0.1) is 0 Å². The van der Waals surface area contributed by atoms with Gasteiger partial charge in [-0.05, 0) is 19.6 Å². The molecule has 1 fully saturated rings.